The number of fused-ring (bicyclic) bond motifs is 1. The number of benzene rings is 1. The molecule has 1 aromatic carbocycles. The van der Waals surface area contributed by atoms with Crippen LogP contribution in [0, 0.1) is 6.92 Å². The SMILES string of the molecule is Cc1ccc(-c2noc([C@H]3C[C@@H]3F)n2)cc1NC(=O)c1cnn2ccc(C(=O)NC3CCCCC3)cc12. The number of anilines is 1. The Kier molecular flexibility index (Phi) is 5.94. The number of hydrogen-bond donors (Lipinski definition) is 2. The Labute approximate surface area is 212 Å². The highest BCUT2D eigenvalue weighted by molar-refractivity contribution is 6.10. The van der Waals surface area contributed by atoms with Gasteiger partial charge in [0, 0.05) is 29.1 Å². The molecule has 0 spiro atoms. The van der Waals surface area contributed by atoms with Crippen molar-refractivity contribution in [2.24, 2.45) is 0 Å². The van der Waals surface area contributed by atoms with E-state index in [4.69, 9.17) is 4.52 Å². The van der Waals surface area contributed by atoms with E-state index in [1.807, 2.05) is 19.1 Å². The Bertz CT molecular complexity index is 1490. The monoisotopic (exact) mass is 502 g/mol. The third-order valence-corrected chi connectivity index (χ3v) is 7.18. The van der Waals surface area contributed by atoms with Crippen molar-refractivity contribution in [3.05, 3.63) is 65.3 Å². The molecular formula is C27H27FN6O3. The van der Waals surface area contributed by atoms with Crippen LogP contribution in [0.3, 0.4) is 0 Å². The number of nitrogens with one attached hydrogen (secondary N) is 2. The quantitative estimate of drug-likeness (QED) is 0.390. The Morgan fingerprint density at radius 3 is 2.70 bits per heavy atom. The van der Waals surface area contributed by atoms with Gasteiger partial charge in [-0.2, -0.15) is 10.1 Å². The lowest BCUT2D eigenvalue weighted by Crippen LogP contribution is -2.36. The van der Waals surface area contributed by atoms with Gasteiger partial charge in [0.1, 0.15) is 6.17 Å². The molecule has 0 bridgehead atoms. The molecule has 37 heavy (non-hydrogen) atoms. The first-order valence-corrected chi connectivity index (χ1v) is 12.6. The van der Waals surface area contributed by atoms with Gasteiger partial charge in [-0.1, -0.05) is 36.6 Å². The molecule has 3 aromatic heterocycles. The Morgan fingerprint density at radius 2 is 1.92 bits per heavy atom. The third kappa shape index (κ3) is 4.71. The van der Waals surface area contributed by atoms with E-state index >= 15 is 0 Å². The van der Waals surface area contributed by atoms with E-state index in [0.717, 1.165) is 31.2 Å². The van der Waals surface area contributed by atoms with Crippen LogP contribution in [0.15, 0.2) is 47.2 Å². The van der Waals surface area contributed by atoms with Gasteiger partial charge in [-0.05, 0) is 49.9 Å². The minimum absolute atomic E-state index is 0.143. The summed E-state index contributed by atoms with van der Waals surface area (Å²) in [7, 11) is 0. The average molecular weight is 503 g/mol. The first-order chi connectivity index (χ1) is 18.0. The summed E-state index contributed by atoms with van der Waals surface area (Å²) >= 11 is 0. The fourth-order valence-electron chi connectivity index (χ4n) is 4.82. The maximum absolute atomic E-state index is 13.3. The van der Waals surface area contributed by atoms with Crippen molar-refractivity contribution in [2.45, 2.75) is 63.6 Å². The van der Waals surface area contributed by atoms with E-state index in [1.54, 1.807) is 28.9 Å². The molecule has 2 aliphatic carbocycles. The van der Waals surface area contributed by atoms with Gasteiger partial charge in [0.05, 0.1) is 23.2 Å². The lowest BCUT2D eigenvalue weighted by molar-refractivity contribution is 0.0926. The van der Waals surface area contributed by atoms with Gasteiger partial charge >= 0.3 is 0 Å². The van der Waals surface area contributed by atoms with Crippen LogP contribution in [-0.2, 0) is 0 Å². The molecule has 2 aliphatic rings. The van der Waals surface area contributed by atoms with Gasteiger partial charge in [-0.25, -0.2) is 8.91 Å². The number of pyridine rings is 1. The number of carbonyl (C=O) groups excluding carboxylic acids is 2. The van der Waals surface area contributed by atoms with Crippen molar-refractivity contribution in [3.63, 3.8) is 0 Å². The van der Waals surface area contributed by atoms with Crippen LogP contribution in [0.25, 0.3) is 16.9 Å². The van der Waals surface area contributed by atoms with Gasteiger partial charge < -0.3 is 15.2 Å². The first-order valence-electron chi connectivity index (χ1n) is 12.6. The zero-order valence-corrected chi connectivity index (χ0v) is 20.4. The largest absolute Gasteiger partial charge is 0.349 e. The van der Waals surface area contributed by atoms with Crippen molar-refractivity contribution in [1.82, 2.24) is 25.1 Å². The molecule has 10 heteroatoms. The maximum atomic E-state index is 13.3. The zero-order valence-electron chi connectivity index (χ0n) is 20.4. The molecule has 6 rings (SSSR count). The van der Waals surface area contributed by atoms with Crippen molar-refractivity contribution < 1.29 is 18.5 Å². The summed E-state index contributed by atoms with van der Waals surface area (Å²) in [5.41, 5.74) is 3.45. The molecule has 0 radical (unpaired) electrons. The lowest BCUT2D eigenvalue weighted by atomic mass is 9.95. The summed E-state index contributed by atoms with van der Waals surface area (Å²) in [6.07, 6.45) is 8.11. The summed E-state index contributed by atoms with van der Waals surface area (Å²) in [6.45, 7) is 1.88. The van der Waals surface area contributed by atoms with Crippen LogP contribution in [0.2, 0.25) is 0 Å². The third-order valence-electron chi connectivity index (χ3n) is 7.18. The highest BCUT2D eigenvalue weighted by atomic mass is 19.1. The van der Waals surface area contributed by atoms with Gasteiger partial charge in [0.25, 0.3) is 11.8 Å². The Balaban J connectivity index is 1.22. The second kappa shape index (κ2) is 9.42. The predicted molar refractivity (Wildman–Crippen MR) is 134 cm³/mol. The van der Waals surface area contributed by atoms with Crippen molar-refractivity contribution in [3.8, 4) is 11.4 Å². The molecule has 9 nitrogen and oxygen atoms in total. The molecule has 2 N–H and O–H groups in total. The second-order valence-electron chi connectivity index (χ2n) is 9.91. The van der Waals surface area contributed by atoms with Crippen molar-refractivity contribution in [1.29, 1.82) is 0 Å². The molecule has 2 saturated carbocycles. The number of halogens is 1. The molecule has 3 heterocycles. The first kappa shape index (κ1) is 23.3. The zero-order chi connectivity index (χ0) is 25.5. The van der Waals surface area contributed by atoms with Crippen LogP contribution in [0.5, 0.6) is 0 Å². The summed E-state index contributed by atoms with van der Waals surface area (Å²) in [4.78, 5) is 30.4. The van der Waals surface area contributed by atoms with Crippen LogP contribution >= 0.6 is 0 Å². The molecule has 0 aliphatic heterocycles. The summed E-state index contributed by atoms with van der Waals surface area (Å²) < 4.78 is 20.1. The number of rotatable bonds is 6. The minimum atomic E-state index is -0.925. The highest BCUT2D eigenvalue weighted by Crippen LogP contribution is 2.43. The van der Waals surface area contributed by atoms with Gasteiger partial charge in [-0.15, -0.1) is 0 Å². The van der Waals surface area contributed by atoms with E-state index in [0.29, 0.717) is 46.0 Å². The minimum Gasteiger partial charge on any atom is -0.349 e. The van der Waals surface area contributed by atoms with Gasteiger partial charge in [-0.3, -0.25) is 9.59 Å². The van der Waals surface area contributed by atoms with E-state index < -0.39 is 6.17 Å². The number of nitrogens with zero attached hydrogens (tertiary/aromatic N) is 4. The normalized spacial score (nSPS) is 19.6. The number of amides is 2. The molecule has 4 aromatic rings. The van der Waals surface area contributed by atoms with E-state index in [-0.39, 0.29) is 23.8 Å². The number of aromatic nitrogens is 4. The Morgan fingerprint density at radius 1 is 1.11 bits per heavy atom. The van der Waals surface area contributed by atoms with Crippen LogP contribution in [-0.4, -0.2) is 43.8 Å². The molecule has 0 unspecified atom stereocenters. The topological polar surface area (TPSA) is 114 Å². The molecule has 190 valence electrons. The molecular weight excluding hydrogens is 475 g/mol. The maximum Gasteiger partial charge on any atom is 0.259 e. The molecule has 0 saturated heterocycles. The summed E-state index contributed by atoms with van der Waals surface area (Å²) in [5, 5.41) is 14.3. The van der Waals surface area contributed by atoms with Crippen LogP contribution < -0.4 is 10.6 Å². The smallest absolute Gasteiger partial charge is 0.259 e. The fourth-order valence-corrected chi connectivity index (χ4v) is 4.82. The van der Waals surface area contributed by atoms with Crippen LogP contribution in [0.1, 0.15) is 76.6 Å². The number of carbonyl (C=O) groups is 2. The van der Waals surface area contributed by atoms with Crippen molar-refractivity contribution in [2.75, 3.05) is 5.32 Å². The second-order valence-corrected chi connectivity index (χ2v) is 9.91. The predicted octanol–water partition coefficient (Wildman–Crippen LogP) is 4.83. The lowest BCUT2D eigenvalue weighted by Gasteiger charge is -2.22. The number of aryl methyl sites for hydroxylation is 1. The summed E-state index contributed by atoms with van der Waals surface area (Å²) in [6, 6.07) is 9.03. The van der Waals surface area contributed by atoms with E-state index in [9.17, 15) is 14.0 Å². The van der Waals surface area contributed by atoms with Crippen LogP contribution in [0.4, 0.5) is 10.1 Å². The number of alkyl halides is 1. The summed E-state index contributed by atoms with van der Waals surface area (Å²) in [5.74, 6) is -0.184. The molecule has 2 atom stereocenters. The highest BCUT2D eigenvalue weighted by Gasteiger charge is 2.43. The average Bonchev–Trinajstić information content (AvgIpc) is 3.28. The molecule has 2 fully saturated rings. The Hall–Kier alpha value is -4.08. The van der Waals surface area contributed by atoms with Gasteiger partial charge in [0.15, 0.2) is 0 Å². The number of hydrogen-bond acceptors (Lipinski definition) is 6. The fraction of sp³-hybridized carbons (Fsp3) is 0.370. The van der Waals surface area contributed by atoms with Crippen molar-refractivity contribution >= 4 is 23.0 Å². The standard InChI is InChI=1S/C27H27FN6O3/c1-15-7-8-16(24-32-27(37-33-24)19-13-21(19)28)11-22(15)31-26(36)20-14-29-34-10-9-17(12-23(20)34)25(35)30-18-5-3-2-4-6-18/h7-12,14,18-19,21H,2-6,13H2,1H3,(H,30,35)(H,31,36)/t19-,21-/m0/s1. The van der Waals surface area contributed by atoms with E-state index in [1.165, 1.54) is 12.6 Å². The van der Waals surface area contributed by atoms with E-state index in [2.05, 4.69) is 25.9 Å². The molecule has 2 amide bonds. The van der Waals surface area contributed by atoms with Gasteiger partial charge in [0.2, 0.25) is 11.7 Å².